The minimum absolute atomic E-state index is 0.499. The predicted octanol–water partition coefficient (Wildman–Crippen LogP) is 2.51. The summed E-state index contributed by atoms with van der Waals surface area (Å²) >= 11 is 17.0. The lowest BCUT2D eigenvalue weighted by atomic mass is 10.2. The first kappa shape index (κ1) is 18.4. The van der Waals surface area contributed by atoms with Crippen LogP contribution >= 0.6 is 35.4 Å². The van der Waals surface area contributed by atoms with E-state index in [0.717, 1.165) is 51.4 Å². The van der Waals surface area contributed by atoms with Crippen molar-refractivity contribution in [3.8, 4) is 0 Å². The fourth-order valence-electron chi connectivity index (χ4n) is 2.13. The molecule has 0 unspecified atom stereocenters. The van der Waals surface area contributed by atoms with Crippen LogP contribution < -0.4 is 10.7 Å². The Balaban J connectivity index is 1.60. The number of hydrogen-bond donors (Lipinski definition) is 2. The van der Waals surface area contributed by atoms with Crippen LogP contribution in [-0.2, 0) is 4.74 Å². The first-order chi connectivity index (χ1) is 11.1. The summed E-state index contributed by atoms with van der Waals surface area (Å²) in [4.78, 5) is 2.39. The van der Waals surface area contributed by atoms with Crippen molar-refractivity contribution in [2.45, 2.75) is 6.42 Å². The molecule has 1 aliphatic heterocycles. The summed E-state index contributed by atoms with van der Waals surface area (Å²) in [5.74, 6) is 0. The van der Waals surface area contributed by atoms with Crippen molar-refractivity contribution in [2.24, 2.45) is 5.10 Å². The zero-order chi connectivity index (χ0) is 16.5. The van der Waals surface area contributed by atoms with Crippen molar-refractivity contribution < 1.29 is 4.74 Å². The number of morpholine rings is 1. The van der Waals surface area contributed by atoms with Gasteiger partial charge in [0, 0.05) is 19.6 Å². The molecule has 0 atom stereocenters. The van der Waals surface area contributed by atoms with Crippen LogP contribution in [0.1, 0.15) is 12.0 Å². The molecule has 2 N–H and O–H groups in total. The van der Waals surface area contributed by atoms with Gasteiger partial charge in [-0.3, -0.25) is 10.3 Å². The van der Waals surface area contributed by atoms with Crippen molar-refractivity contribution in [3.05, 3.63) is 33.8 Å². The number of halogens is 2. The summed E-state index contributed by atoms with van der Waals surface area (Å²) in [6.45, 7) is 5.54. The Morgan fingerprint density at radius 2 is 2.09 bits per heavy atom. The van der Waals surface area contributed by atoms with Gasteiger partial charge in [-0.25, -0.2) is 0 Å². The maximum absolute atomic E-state index is 5.94. The van der Waals surface area contributed by atoms with Gasteiger partial charge in [0.25, 0.3) is 0 Å². The minimum Gasteiger partial charge on any atom is -0.379 e. The molecule has 0 aromatic heterocycles. The molecular formula is C15H20Cl2N4OS. The number of ether oxygens (including phenoxy) is 1. The second kappa shape index (κ2) is 10.1. The van der Waals surface area contributed by atoms with Gasteiger partial charge in [-0.2, -0.15) is 5.10 Å². The van der Waals surface area contributed by atoms with Gasteiger partial charge in [0.05, 0.1) is 29.5 Å². The zero-order valence-electron chi connectivity index (χ0n) is 12.7. The number of nitrogens with one attached hydrogen (secondary N) is 2. The molecule has 8 heteroatoms. The Morgan fingerprint density at radius 1 is 1.30 bits per heavy atom. The molecule has 0 radical (unpaired) electrons. The molecule has 1 heterocycles. The van der Waals surface area contributed by atoms with Crippen molar-refractivity contribution in [1.29, 1.82) is 0 Å². The quantitative estimate of drug-likeness (QED) is 0.346. The SMILES string of the molecule is S=C(NCCCN1CCOCC1)N/N=C\c1ccc(Cl)c(Cl)c1. The van der Waals surface area contributed by atoms with Crippen LogP contribution in [-0.4, -0.2) is 55.6 Å². The number of thiocarbonyl (C=S) groups is 1. The van der Waals surface area contributed by atoms with E-state index < -0.39 is 0 Å². The average Bonchev–Trinajstić information content (AvgIpc) is 2.56. The molecule has 126 valence electrons. The summed E-state index contributed by atoms with van der Waals surface area (Å²) in [7, 11) is 0. The van der Waals surface area contributed by atoms with E-state index in [4.69, 9.17) is 40.2 Å². The van der Waals surface area contributed by atoms with Gasteiger partial charge in [0.15, 0.2) is 5.11 Å². The van der Waals surface area contributed by atoms with E-state index in [0.29, 0.717) is 15.2 Å². The highest BCUT2D eigenvalue weighted by atomic mass is 35.5. The van der Waals surface area contributed by atoms with Gasteiger partial charge in [0.2, 0.25) is 0 Å². The molecule has 1 fully saturated rings. The number of hydrazone groups is 1. The molecule has 1 aromatic rings. The number of hydrogen-bond acceptors (Lipinski definition) is 4. The van der Waals surface area contributed by atoms with Gasteiger partial charge >= 0.3 is 0 Å². The predicted molar refractivity (Wildman–Crippen MR) is 99.7 cm³/mol. The summed E-state index contributed by atoms with van der Waals surface area (Å²) < 4.78 is 5.32. The zero-order valence-corrected chi connectivity index (χ0v) is 15.1. The Hall–Kier alpha value is -0.920. The Labute approximate surface area is 152 Å². The normalized spacial score (nSPS) is 15.7. The van der Waals surface area contributed by atoms with Crippen LogP contribution in [0, 0.1) is 0 Å². The van der Waals surface area contributed by atoms with E-state index in [9.17, 15) is 0 Å². The van der Waals surface area contributed by atoms with Crippen LogP contribution in [0.2, 0.25) is 10.0 Å². The van der Waals surface area contributed by atoms with E-state index in [1.54, 1.807) is 18.3 Å². The van der Waals surface area contributed by atoms with Crippen molar-refractivity contribution in [3.63, 3.8) is 0 Å². The molecule has 23 heavy (non-hydrogen) atoms. The van der Waals surface area contributed by atoms with Gasteiger partial charge in [0.1, 0.15) is 0 Å². The van der Waals surface area contributed by atoms with Gasteiger partial charge in [-0.15, -0.1) is 0 Å². The number of rotatable bonds is 6. The van der Waals surface area contributed by atoms with E-state index in [1.807, 2.05) is 6.07 Å². The van der Waals surface area contributed by atoms with Gasteiger partial charge in [-0.1, -0.05) is 29.3 Å². The topological polar surface area (TPSA) is 48.9 Å². The third-order valence-electron chi connectivity index (χ3n) is 3.36. The monoisotopic (exact) mass is 374 g/mol. The van der Waals surface area contributed by atoms with Crippen LogP contribution in [0.3, 0.4) is 0 Å². The summed E-state index contributed by atoms with van der Waals surface area (Å²) in [5.41, 5.74) is 3.63. The first-order valence-electron chi connectivity index (χ1n) is 7.47. The van der Waals surface area contributed by atoms with Gasteiger partial charge in [-0.05, 0) is 42.9 Å². The maximum Gasteiger partial charge on any atom is 0.186 e. The van der Waals surface area contributed by atoms with Crippen LogP contribution in [0.15, 0.2) is 23.3 Å². The second-order valence-corrected chi connectivity index (χ2v) is 6.33. The Kier molecular flexibility index (Phi) is 8.05. The average molecular weight is 375 g/mol. The molecule has 0 saturated carbocycles. The molecule has 2 rings (SSSR count). The van der Waals surface area contributed by atoms with Crippen molar-refractivity contribution in [2.75, 3.05) is 39.4 Å². The van der Waals surface area contributed by atoms with Gasteiger partial charge < -0.3 is 10.1 Å². The third-order valence-corrected chi connectivity index (χ3v) is 4.34. The highest BCUT2D eigenvalue weighted by Gasteiger charge is 2.08. The van der Waals surface area contributed by atoms with Crippen molar-refractivity contribution >= 4 is 46.7 Å². The highest BCUT2D eigenvalue weighted by molar-refractivity contribution is 7.80. The molecule has 5 nitrogen and oxygen atoms in total. The first-order valence-corrected chi connectivity index (χ1v) is 8.63. The molecule has 1 saturated heterocycles. The fourth-order valence-corrected chi connectivity index (χ4v) is 2.59. The molecule has 1 aliphatic rings. The molecule has 1 aromatic carbocycles. The van der Waals surface area contributed by atoms with Crippen LogP contribution in [0.4, 0.5) is 0 Å². The lowest BCUT2D eigenvalue weighted by Crippen LogP contribution is -2.39. The summed E-state index contributed by atoms with van der Waals surface area (Å²) in [6, 6.07) is 5.31. The van der Waals surface area contributed by atoms with Crippen LogP contribution in [0.5, 0.6) is 0 Å². The van der Waals surface area contributed by atoms with Crippen LogP contribution in [0.25, 0.3) is 0 Å². The largest absolute Gasteiger partial charge is 0.379 e. The lowest BCUT2D eigenvalue weighted by molar-refractivity contribution is 0.0376. The number of nitrogens with zero attached hydrogens (tertiary/aromatic N) is 2. The minimum atomic E-state index is 0.499. The molecule has 0 aliphatic carbocycles. The third kappa shape index (κ3) is 7.01. The van der Waals surface area contributed by atoms with E-state index in [-0.39, 0.29) is 0 Å². The molecule has 0 spiro atoms. The molecule has 0 bridgehead atoms. The number of benzene rings is 1. The lowest BCUT2D eigenvalue weighted by Gasteiger charge is -2.26. The highest BCUT2D eigenvalue weighted by Crippen LogP contribution is 2.21. The van der Waals surface area contributed by atoms with E-state index >= 15 is 0 Å². The van der Waals surface area contributed by atoms with E-state index in [2.05, 4.69) is 20.7 Å². The summed E-state index contributed by atoms with van der Waals surface area (Å²) in [5, 5.41) is 8.73. The Bertz CT molecular complexity index is 550. The molecule has 0 amide bonds. The Morgan fingerprint density at radius 3 is 2.83 bits per heavy atom. The summed E-state index contributed by atoms with van der Waals surface area (Å²) in [6.07, 6.45) is 2.67. The maximum atomic E-state index is 5.94. The standard InChI is InChI=1S/C15H20Cl2N4OS/c16-13-3-2-12(10-14(13)17)11-19-20-15(23)18-4-1-5-21-6-8-22-9-7-21/h2-3,10-11H,1,4-9H2,(H2,18,20,23)/b19-11-. The second-order valence-electron chi connectivity index (χ2n) is 5.11. The smallest absolute Gasteiger partial charge is 0.186 e. The molecular weight excluding hydrogens is 355 g/mol. The van der Waals surface area contributed by atoms with E-state index in [1.165, 1.54) is 0 Å². The van der Waals surface area contributed by atoms with Crippen molar-refractivity contribution in [1.82, 2.24) is 15.6 Å². The fraction of sp³-hybridized carbons (Fsp3) is 0.467.